The molecular formula is C11H13NOS. The molecule has 0 saturated carbocycles. The topological polar surface area (TPSA) is 32.9 Å². The molecule has 2 aromatic rings. The summed E-state index contributed by atoms with van der Waals surface area (Å²) in [4.78, 5) is 14.2. The third-order valence-corrected chi connectivity index (χ3v) is 3.31. The summed E-state index contributed by atoms with van der Waals surface area (Å²) in [6.07, 6.45) is 3.33. The number of aromatic nitrogens is 1. The van der Waals surface area contributed by atoms with Crippen molar-refractivity contribution in [3.05, 3.63) is 33.4 Å². The molecule has 0 bridgehead atoms. The van der Waals surface area contributed by atoms with Gasteiger partial charge >= 0.3 is 0 Å². The lowest BCUT2D eigenvalue weighted by Gasteiger charge is -2.00. The highest BCUT2D eigenvalue weighted by atomic mass is 32.1. The van der Waals surface area contributed by atoms with Gasteiger partial charge < -0.3 is 4.98 Å². The minimum Gasteiger partial charge on any atom is -0.321 e. The van der Waals surface area contributed by atoms with Crippen LogP contribution in [-0.2, 0) is 6.42 Å². The Morgan fingerprint density at radius 3 is 3.14 bits per heavy atom. The highest BCUT2D eigenvalue weighted by molar-refractivity contribution is 7.17. The number of thiophene rings is 1. The molecule has 0 amide bonds. The maximum absolute atomic E-state index is 11.3. The molecule has 0 aliphatic rings. The molecule has 0 unspecified atom stereocenters. The first kappa shape index (κ1) is 9.46. The number of aromatic amines is 1. The van der Waals surface area contributed by atoms with Gasteiger partial charge in [0.25, 0.3) is 0 Å². The molecule has 0 aliphatic carbocycles. The van der Waals surface area contributed by atoms with Crippen molar-refractivity contribution < 1.29 is 0 Å². The number of pyridine rings is 1. The lowest BCUT2D eigenvalue weighted by molar-refractivity contribution is 0.798. The van der Waals surface area contributed by atoms with Crippen LogP contribution in [0.4, 0.5) is 0 Å². The third kappa shape index (κ3) is 1.73. The molecular weight excluding hydrogens is 194 g/mol. The van der Waals surface area contributed by atoms with Gasteiger partial charge in [0.1, 0.15) is 0 Å². The van der Waals surface area contributed by atoms with Gasteiger partial charge in [-0.05, 0) is 29.9 Å². The fourth-order valence-corrected chi connectivity index (χ4v) is 2.50. The van der Waals surface area contributed by atoms with E-state index in [1.54, 1.807) is 17.4 Å². The molecule has 2 aromatic heterocycles. The molecule has 1 N–H and O–H groups in total. The number of fused-ring (bicyclic) bond motifs is 1. The van der Waals surface area contributed by atoms with E-state index in [9.17, 15) is 4.79 Å². The minimum atomic E-state index is 0.0157. The number of unbranched alkanes of at least 4 members (excludes halogenated alkanes) is 1. The van der Waals surface area contributed by atoms with Crippen LogP contribution in [0.2, 0.25) is 0 Å². The molecule has 0 saturated heterocycles. The zero-order valence-corrected chi connectivity index (χ0v) is 8.99. The second-order valence-corrected chi connectivity index (χ2v) is 4.34. The minimum absolute atomic E-state index is 0.0157. The van der Waals surface area contributed by atoms with E-state index in [1.807, 2.05) is 11.4 Å². The second kappa shape index (κ2) is 3.96. The summed E-state index contributed by atoms with van der Waals surface area (Å²) in [5, 5.41) is 2.02. The van der Waals surface area contributed by atoms with Gasteiger partial charge in [-0.1, -0.05) is 13.3 Å². The normalized spacial score (nSPS) is 10.9. The maximum Gasteiger partial charge on any atom is 0.248 e. The SMILES string of the molecule is CCCCc1cc(=O)[nH]c2ccsc12. The van der Waals surface area contributed by atoms with Gasteiger partial charge in [0.15, 0.2) is 0 Å². The zero-order valence-electron chi connectivity index (χ0n) is 8.17. The van der Waals surface area contributed by atoms with Crippen molar-refractivity contribution in [3.63, 3.8) is 0 Å². The number of aryl methyl sites for hydroxylation is 1. The van der Waals surface area contributed by atoms with Crippen LogP contribution in [-0.4, -0.2) is 4.98 Å². The monoisotopic (exact) mass is 207 g/mol. The first-order chi connectivity index (χ1) is 6.81. The number of H-pyrrole nitrogens is 1. The van der Waals surface area contributed by atoms with Gasteiger partial charge in [-0.25, -0.2) is 0 Å². The molecule has 0 radical (unpaired) electrons. The van der Waals surface area contributed by atoms with Gasteiger partial charge in [-0.2, -0.15) is 0 Å². The Morgan fingerprint density at radius 2 is 2.36 bits per heavy atom. The van der Waals surface area contributed by atoms with Crippen LogP contribution in [0, 0.1) is 0 Å². The Bertz CT molecular complexity index is 483. The Morgan fingerprint density at radius 1 is 1.50 bits per heavy atom. The molecule has 14 heavy (non-hydrogen) atoms. The van der Waals surface area contributed by atoms with Gasteiger partial charge in [-0.3, -0.25) is 4.79 Å². The lowest BCUT2D eigenvalue weighted by Crippen LogP contribution is -2.05. The van der Waals surface area contributed by atoms with E-state index in [0.29, 0.717) is 0 Å². The van der Waals surface area contributed by atoms with Crippen LogP contribution in [0.15, 0.2) is 22.3 Å². The smallest absolute Gasteiger partial charge is 0.248 e. The Kier molecular flexibility index (Phi) is 2.68. The predicted octanol–water partition coefficient (Wildman–Crippen LogP) is 2.93. The van der Waals surface area contributed by atoms with Crippen molar-refractivity contribution in [2.45, 2.75) is 26.2 Å². The van der Waals surface area contributed by atoms with Crippen molar-refractivity contribution in [2.75, 3.05) is 0 Å². The average molecular weight is 207 g/mol. The van der Waals surface area contributed by atoms with Crippen molar-refractivity contribution in [1.29, 1.82) is 0 Å². The summed E-state index contributed by atoms with van der Waals surface area (Å²) >= 11 is 1.70. The Hall–Kier alpha value is -1.09. The van der Waals surface area contributed by atoms with Gasteiger partial charge in [-0.15, -0.1) is 11.3 Å². The standard InChI is InChI=1S/C11H13NOS/c1-2-3-4-8-7-10(13)12-9-5-6-14-11(8)9/h5-7H,2-4H2,1H3,(H,12,13). The largest absolute Gasteiger partial charge is 0.321 e. The molecule has 0 aliphatic heterocycles. The predicted molar refractivity (Wildman–Crippen MR) is 61.1 cm³/mol. The summed E-state index contributed by atoms with van der Waals surface area (Å²) < 4.78 is 1.23. The van der Waals surface area contributed by atoms with Crippen LogP contribution in [0.1, 0.15) is 25.3 Å². The summed E-state index contributed by atoms with van der Waals surface area (Å²) in [5.41, 5.74) is 2.19. The van der Waals surface area contributed by atoms with Crippen molar-refractivity contribution in [2.24, 2.45) is 0 Å². The number of nitrogens with one attached hydrogen (secondary N) is 1. The van der Waals surface area contributed by atoms with Crippen LogP contribution in [0.5, 0.6) is 0 Å². The summed E-state index contributed by atoms with van der Waals surface area (Å²) in [6.45, 7) is 2.17. The van der Waals surface area contributed by atoms with Gasteiger partial charge in [0.05, 0.1) is 10.2 Å². The number of hydrogen-bond donors (Lipinski definition) is 1. The number of rotatable bonds is 3. The summed E-state index contributed by atoms with van der Waals surface area (Å²) in [6, 6.07) is 3.70. The van der Waals surface area contributed by atoms with E-state index >= 15 is 0 Å². The molecule has 3 heteroatoms. The van der Waals surface area contributed by atoms with Crippen LogP contribution >= 0.6 is 11.3 Å². The average Bonchev–Trinajstić information content (AvgIpc) is 2.61. The van der Waals surface area contributed by atoms with Crippen LogP contribution in [0.3, 0.4) is 0 Å². The molecule has 74 valence electrons. The van der Waals surface area contributed by atoms with E-state index < -0.39 is 0 Å². The van der Waals surface area contributed by atoms with E-state index in [2.05, 4.69) is 11.9 Å². The quantitative estimate of drug-likeness (QED) is 0.824. The Labute approximate surface area is 86.6 Å². The molecule has 0 atom stereocenters. The van der Waals surface area contributed by atoms with E-state index in [1.165, 1.54) is 16.7 Å². The molecule has 0 fully saturated rings. The third-order valence-electron chi connectivity index (χ3n) is 2.32. The van der Waals surface area contributed by atoms with Crippen LogP contribution in [0.25, 0.3) is 10.2 Å². The molecule has 0 aromatic carbocycles. The highest BCUT2D eigenvalue weighted by Gasteiger charge is 2.03. The van der Waals surface area contributed by atoms with Crippen molar-refractivity contribution in [1.82, 2.24) is 4.98 Å². The fraction of sp³-hybridized carbons (Fsp3) is 0.364. The second-order valence-electron chi connectivity index (χ2n) is 3.43. The fourth-order valence-electron chi connectivity index (χ4n) is 1.60. The first-order valence-electron chi connectivity index (χ1n) is 4.90. The highest BCUT2D eigenvalue weighted by Crippen LogP contribution is 2.22. The maximum atomic E-state index is 11.3. The van der Waals surface area contributed by atoms with Gasteiger partial charge in [0.2, 0.25) is 5.56 Å². The summed E-state index contributed by atoms with van der Waals surface area (Å²) in [5.74, 6) is 0. The summed E-state index contributed by atoms with van der Waals surface area (Å²) in [7, 11) is 0. The molecule has 0 spiro atoms. The van der Waals surface area contributed by atoms with Crippen molar-refractivity contribution in [3.8, 4) is 0 Å². The van der Waals surface area contributed by atoms with Crippen molar-refractivity contribution >= 4 is 21.6 Å². The van der Waals surface area contributed by atoms with E-state index in [0.717, 1.165) is 18.4 Å². The van der Waals surface area contributed by atoms with Gasteiger partial charge in [0, 0.05) is 6.07 Å². The van der Waals surface area contributed by atoms with E-state index in [-0.39, 0.29) is 5.56 Å². The molecule has 2 rings (SSSR count). The molecule has 2 heterocycles. The van der Waals surface area contributed by atoms with Crippen LogP contribution < -0.4 is 5.56 Å². The first-order valence-corrected chi connectivity index (χ1v) is 5.78. The number of hydrogen-bond acceptors (Lipinski definition) is 2. The zero-order chi connectivity index (χ0) is 9.97. The Balaban J connectivity index is 2.50. The molecule has 2 nitrogen and oxygen atoms in total. The lowest BCUT2D eigenvalue weighted by atomic mass is 10.1. The van der Waals surface area contributed by atoms with E-state index in [4.69, 9.17) is 0 Å².